The molecule has 21 heavy (non-hydrogen) atoms. The zero-order valence-corrected chi connectivity index (χ0v) is 11.5. The zero-order chi connectivity index (χ0) is 15.0. The van der Waals surface area contributed by atoms with Crippen molar-refractivity contribution in [1.29, 1.82) is 0 Å². The highest BCUT2D eigenvalue weighted by molar-refractivity contribution is 5.81. The van der Waals surface area contributed by atoms with E-state index in [1.807, 2.05) is 4.90 Å². The SMILES string of the molecule is Cn1c(N2CCOCC2)nc(=O)c2ccc([N+](=O)[O-])cc21. The van der Waals surface area contributed by atoms with Crippen LogP contribution in [0.5, 0.6) is 0 Å². The van der Waals surface area contributed by atoms with Gasteiger partial charge in [0.1, 0.15) is 0 Å². The minimum Gasteiger partial charge on any atom is -0.378 e. The number of nitrogens with zero attached hydrogens (tertiary/aromatic N) is 4. The van der Waals surface area contributed by atoms with Crippen molar-refractivity contribution in [2.75, 3.05) is 31.2 Å². The molecule has 2 aromatic rings. The van der Waals surface area contributed by atoms with E-state index < -0.39 is 4.92 Å². The number of anilines is 1. The van der Waals surface area contributed by atoms with Crippen LogP contribution in [-0.4, -0.2) is 40.8 Å². The van der Waals surface area contributed by atoms with Crippen molar-refractivity contribution in [1.82, 2.24) is 9.55 Å². The van der Waals surface area contributed by atoms with Crippen LogP contribution in [-0.2, 0) is 11.8 Å². The lowest BCUT2D eigenvalue weighted by Gasteiger charge is -2.29. The molecule has 1 aliphatic heterocycles. The molecule has 8 heteroatoms. The second kappa shape index (κ2) is 5.13. The molecule has 0 aliphatic carbocycles. The summed E-state index contributed by atoms with van der Waals surface area (Å²) in [5, 5.41) is 11.3. The molecule has 0 atom stereocenters. The van der Waals surface area contributed by atoms with Gasteiger partial charge in [0.05, 0.1) is 29.0 Å². The van der Waals surface area contributed by atoms with Crippen LogP contribution >= 0.6 is 0 Å². The summed E-state index contributed by atoms with van der Waals surface area (Å²) < 4.78 is 7.00. The predicted molar refractivity (Wildman–Crippen MR) is 76.7 cm³/mol. The summed E-state index contributed by atoms with van der Waals surface area (Å²) >= 11 is 0. The normalized spacial score (nSPS) is 15.4. The van der Waals surface area contributed by atoms with Crippen molar-refractivity contribution in [2.24, 2.45) is 7.05 Å². The Labute approximate surface area is 119 Å². The van der Waals surface area contributed by atoms with Crippen LogP contribution < -0.4 is 10.5 Å². The quantitative estimate of drug-likeness (QED) is 0.596. The maximum Gasteiger partial charge on any atom is 0.282 e. The van der Waals surface area contributed by atoms with Crippen molar-refractivity contribution < 1.29 is 9.66 Å². The Hall–Kier alpha value is -2.48. The Balaban J connectivity index is 2.20. The monoisotopic (exact) mass is 290 g/mol. The van der Waals surface area contributed by atoms with Gasteiger partial charge in [-0.05, 0) is 6.07 Å². The van der Waals surface area contributed by atoms with Gasteiger partial charge in [-0.25, -0.2) is 0 Å². The van der Waals surface area contributed by atoms with Crippen LogP contribution in [0, 0.1) is 10.1 Å². The van der Waals surface area contributed by atoms with Gasteiger partial charge in [0.2, 0.25) is 5.95 Å². The standard InChI is InChI=1S/C13H14N4O4/c1-15-11-8-9(17(19)20)2-3-10(11)12(18)14-13(15)16-4-6-21-7-5-16/h2-3,8H,4-7H2,1H3. The highest BCUT2D eigenvalue weighted by Crippen LogP contribution is 2.21. The van der Waals surface area contributed by atoms with Crippen LogP contribution in [0.2, 0.25) is 0 Å². The number of nitro benzene ring substituents is 1. The van der Waals surface area contributed by atoms with Crippen LogP contribution in [0.1, 0.15) is 0 Å². The summed E-state index contributed by atoms with van der Waals surface area (Å²) in [5.41, 5.74) is 0.0850. The van der Waals surface area contributed by atoms with Crippen molar-refractivity contribution >= 4 is 22.5 Å². The minimum atomic E-state index is -0.473. The van der Waals surface area contributed by atoms with E-state index in [4.69, 9.17) is 4.74 Å². The van der Waals surface area contributed by atoms with Crippen molar-refractivity contribution in [3.05, 3.63) is 38.7 Å². The number of hydrogen-bond acceptors (Lipinski definition) is 6. The van der Waals surface area contributed by atoms with Crippen molar-refractivity contribution in [3.63, 3.8) is 0 Å². The molecule has 1 aromatic heterocycles. The van der Waals surface area contributed by atoms with Crippen LogP contribution in [0.15, 0.2) is 23.0 Å². The van der Waals surface area contributed by atoms with Gasteiger partial charge in [-0.2, -0.15) is 4.98 Å². The van der Waals surface area contributed by atoms with Crippen molar-refractivity contribution in [2.45, 2.75) is 0 Å². The topological polar surface area (TPSA) is 90.5 Å². The van der Waals surface area contributed by atoms with Gasteiger partial charge >= 0.3 is 0 Å². The largest absolute Gasteiger partial charge is 0.378 e. The first-order valence-electron chi connectivity index (χ1n) is 6.56. The second-order valence-electron chi connectivity index (χ2n) is 4.83. The van der Waals surface area contributed by atoms with Gasteiger partial charge in [-0.15, -0.1) is 0 Å². The molecule has 1 fully saturated rings. The number of nitro groups is 1. The summed E-state index contributed by atoms with van der Waals surface area (Å²) in [6.45, 7) is 2.42. The molecule has 1 aromatic carbocycles. The molecule has 0 saturated carbocycles. The Morgan fingerprint density at radius 3 is 2.71 bits per heavy atom. The van der Waals surface area contributed by atoms with E-state index in [2.05, 4.69) is 4.98 Å². The van der Waals surface area contributed by atoms with Gasteiger partial charge in [0.25, 0.3) is 11.2 Å². The van der Waals surface area contributed by atoms with Gasteiger partial charge < -0.3 is 14.2 Å². The smallest absolute Gasteiger partial charge is 0.282 e. The molecule has 110 valence electrons. The molecule has 0 unspecified atom stereocenters. The average Bonchev–Trinajstić information content (AvgIpc) is 2.51. The number of hydrogen-bond donors (Lipinski definition) is 0. The molecule has 0 amide bonds. The van der Waals surface area contributed by atoms with Crippen LogP contribution in [0.3, 0.4) is 0 Å². The summed E-state index contributed by atoms with van der Waals surface area (Å²) in [4.78, 5) is 28.6. The third-order valence-corrected chi connectivity index (χ3v) is 3.58. The van der Waals surface area contributed by atoms with E-state index >= 15 is 0 Å². The fourth-order valence-corrected chi connectivity index (χ4v) is 2.47. The Bertz CT molecular complexity index is 765. The lowest BCUT2D eigenvalue weighted by molar-refractivity contribution is -0.384. The molecule has 8 nitrogen and oxygen atoms in total. The molecule has 0 N–H and O–H groups in total. The fourth-order valence-electron chi connectivity index (χ4n) is 2.47. The number of benzene rings is 1. The first-order valence-corrected chi connectivity index (χ1v) is 6.56. The number of aryl methyl sites for hydroxylation is 1. The van der Waals surface area contributed by atoms with E-state index in [1.54, 1.807) is 11.6 Å². The maximum absolute atomic E-state index is 12.1. The van der Waals surface area contributed by atoms with Gasteiger partial charge in [0, 0.05) is 32.3 Å². The molecule has 1 saturated heterocycles. The number of ether oxygens (including phenoxy) is 1. The Morgan fingerprint density at radius 1 is 1.33 bits per heavy atom. The molecule has 0 spiro atoms. The lowest BCUT2D eigenvalue weighted by Crippen LogP contribution is -2.39. The molecule has 3 rings (SSSR count). The van der Waals surface area contributed by atoms with E-state index in [0.29, 0.717) is 43.2 Å². The molecule has 1 aliphatic rings. The third-order valence-electron chi connectivity index (χ3n) is 3.58. The Morgan fingerprint density at radius 2 is 2.05 bits per heavy atom. The van der Waals surface area contributed by atoms with E-state index in [0.717, 1.165) is 0 Å². The van der Waals surface area contributed by atoms with Crippen LogP contribution in [0.25, 0.3) is 10.9 Å². The second-order valence-corrected chi connectivity index (χ2v) is 4.83. The van der Waals surface area contributed by atoms with Gasteiger partial charge in [0.15, 0.2) is 0 Å². The minimum absolute atomic E-state index is 0.0448. The molecule has 0 radical (unpaired) electrons. The first-order chi connectivity index (χ1) is 10.1. The van der Waals surface area contributed by atoms with Gasteiger partial charge in [-0.3, -0.25) is 14.9 Å². The first kappa shape index (κ1) is 13.5. The summed E-state index contributed by atoms with van der Waals surface area (Å²) in [5.74, 6) is 0.510. The summed E-state index contributed by atoms with van der Waals surface area (Å²) in [7, 11) is 1.75. The number of non-ortho nitro benzene ring substituents is 1. The van der Waals surface area contributed by atoms with E-state index in [9.17, 15) is 14.9 Å². The molecular weight excluding hydrogens is 276 g/mol. The van der Waals surface area contributed by atoms with Gasteiger partial charge in [-0.1, -0.05) is 0 Å². The fraction of sp³-hybridized carbons (Fsp3) is 0.385. The third kappa shape index (κ3) is 2.33. The average molecular weight is 290 g/mol. The number of morpholine rings is 1. The zero-order valence-electron chi connectivity index (χ0n) is 11.5. The highest BCUT2D eigenvalue weighted by atomic mass is 16.6. The van der Waals surface area contributed by atoms with Crippen LogP contribution in [0.4, 0.5) is 11.6 Å². The number of aromatic nitrogens is 2. The molecular formula is C13H14N4O4. The van der Waals surface area contributed by atoms with E-state index in [1.165, 1.54) is 18.2 Å². The highest BCUT2D eigenvalue weighted by Gasteiger charge is 2.18. The molecule has 0 bridgehead atoms. The predicted octanol–water partition coefficient (Wildman–Crippen LogP) is 0.678. The maximum atomic E-state index is 12.1. The lowest BCUT2D eigenvalue weighted by atomic mass is 10.2. The number of fused-ring (bicyclic) bond motifs is 1. The molecule has 2 heterocycles. The van der Waals surface area contributed by atoms with E-state index in [-0.39, 0.29) is 11.2 Å². The number of rotatable bonds is 2. The summed E-state index contributed by atoms with van der Waals surface area (Å²) in [6.07, 6.45) is 0. The summed E-state index contributed by atoms with van der Waals surface area (Å²) in [6, 6.07) is 4.17. The Kier molecular flexibility index (Phi) is 3.30. The van der Waals surface area contributed by atoms with Crippen molar-refractivity contribution in [3.8, 4) is 0 Å².